The van der Waals surface area contributed by atoms with E-state index in [-0.39, 0.29) is 5.92 Å². The molecule has 106 valence electrons. The number of nitrogens with one attached hydrogen (secondary N) is 1. The van der Waals surface area contributed by atoms with E-state index in [1.165, 1.54) is 5.56 Å². The number of H-pyrrole nitrogens is 1. The minimum atomic E-state index is 0.200. The number of hydrogen-bond donors (Lipinski definition) is 2. The number of hydrogen-bond acceptors (Lipinski definition) is 3. The number of ether oxygens (including phenoxy) is 1. The average molecular weight is 300 g/mol. The zero-order chi connectivity index (χ0) is 14.4. The highest BCUT2D eigenvalue weighted by Crippen LogP contribution is 2.33. The summed E-state index contributed by atoms with van der Waals surface area (Å²) in [6.45, 7) is 0.616. The number of rotatable bonds is 1. The molecule has 3 aromatic rings. The monoisotopic (exact) mass is 299 g/mol. The lowest BCUT2D eigenvalue weighted by atomic mass is 9.96. The molecule has 0 amide bonds. The van der Waals surface area contributed by atoms with Crippen molar-refractivity contribution in [3.05, 3.63) is 52.8 Å². The van der Waals surface area contributed by atoms with E-state index in [1.54, 1.807) is 6.07 Å². The lowest BCUT2D eigenvalue weighted by Crippen LogP contribution is -2.20. The van der Waals surface area contributed by atoms with Crippen LogP contribution in [-0.4, -0.2) is 16.6 Å². The number of fused-ring (bicyclic) bond motifs is 2. The van der Waals surface area contributed by atoms with Crippen LogP contribution in [-0.2, 0) is 6.42 Å². The van der Waals surface area contributed by atoms with Crippen LogP contribution in [0.5, 0.6) is 5.75 Å². The fraction of sp³-hybridized carbons (Fsp3) is 0.188. The molecule has 0 radical (unpaired) electrons. The third-order valence-electron chi connectivity index (χ3n) is 3.86. The molecule has 2 heterocycles. The van der Waals surface area contributed by atoms with Gasteiger partial charge in [-0.15, -0.1) is 0 Å². The van der Waals surface area contributed by atoms with Crippen molar-refractivity contribution in [1.82, 2.24) is 9.97 Å². The molecule has 0 fully saturated rings. The first-order chi connectivity index (χ1) is 10.2. The third-order valence-corrected chi connectivity index (χ3v) is 4.08. The second kappa shape index (κ2) is 4.67. The summed E-state index contributed by atoms with van der Waals surface area (Å²) in [6, 6.07) is 11.7. The van der Waals surface area contributed by atoms with Gasteiger partial charge in [-0.05, 0) is 30.2 Å². The molecule has 1 aliphatic rings. The van der Waals surface area contributed by atoms with Crippen LogP contribution in [0.2, 0.25) is 5.02 Å². The fourth-order valence-corrected chi connectivity index (χ4v) is 3.05. The van der Waals surface area contributed by atoms with Crippen molar-refractivity contribution in [2.75, 3.05) is 12.3 Å². The lowest BCUT2D eigenvalue weighted by molar-refractivity contribution is 0.258. The van der Waals surface area contributed by atoms with E-state index >= 15 is 0 Å². The van der Waals surface area contributed by atoms with Crippen molar-refractivity contribution >= 4 is 28.3 Å². The summed E-state index contributed by atoms with van der Waals surface area (Å²) < 4.78 is 5.82. The van der Waals surface area contributed by atoms with Gasteiger partial charge in [-0.25, -0.2) is 4.98 Å². The minimum absolute atomic E-state index is 0.200. The molecule has 2 aromatic carbocycles. The van der Waals surface area contributed by atoms with Gasteiger partial charge in [0.25, 0.3) is 0 Å². The first-order valence-corrected chi connectivity index (χ1v) is 7.24. The van der Waals surface area contributed by atoms with E-state index in [4.69, 9.17) is 22.1 Å². The van der Waals surface area contributed by atoms with Crippen LogP contribution in [0.1, 0.15) is 17.3 Å². The summed E-state index contributed by atoms with van der Waals surface area (Å²) in [7, 11) is 0. The Balaban J connectivity index is 1.73. The van der Waals surface area contributed by atoms with Crippen LogP contribution in [0.15, 0.2) is 36.4 Å². The molecule has 1 atom stereocenters. The summed E-state index contributed by atoms with van der Waals surface area (Å²) in [5.41, 5.74) is 9.42. The average Bonchev–Trinajstić information content (AvgIpc) is 2.91. The van der Waals surface area contributed by atoms with Crippen molar-refractivity contribution in [3.63, 3.8) is 0 Å². The Labute approximate surface area is 126 Å². The van der Waals surface area contributed by atoms with Gasteiger partial charge in [-0.3, -0.25) is 0 Å². The maximum atomic E-state index is 6.03. The number of para-hydroxylation sites is 1. The van der Waals surface area contributed by atoms with Crippen LogP contribution in [0.4, 0.5) is 5.69 Å². The van der Waals surface area contributed by atoms with Gasteiger partial charge in [-0.1, -0.05) is 29.8 Å². The molecule has 21 heavy (non-hydrogen) atoms. The molecule has 4 nitrogen and oxygen atoms in total. The number of aromatic nitrogens is 2. The molecule has 1 aliphatic heterocycles. The zero-order valence-electron chi connectivity index (χ0n) is 11.3. The smallest absolute Gasteiger partial charge is 0.122 e. The van der Waals surface area contributed by atoms with E-state index in [2.05, 4.69) is 16.0 Å². The minimum Gasteiger partial charge on any atom is -0.493 e. The SMILES string of the molecule is Nc1cc(Cl)cc2[nH]c(C3COc4ccccc4C3)nc12. The molecule has 1 aromatic heterocycles. The van der Waals surface area contributed by atoms with Crippen LogP contribution in [0.3, 0.4) is 0 Å². The largest absolute Gasteiger partial charge is 0.493 e. The van der Waals surface area contributed by atoms with Crippen molar-refractivity contribution in [2.24, 2.45) is 0 Å². The summed E-state index contributed by atoms with van der Waals surface area (Å²) in [5.74, 6) is 2.06. The highest BCUT2D eigenvalue weighted by molar-refractivity contribution is 6.31. The quantitative estimate of drug-likeness (QED) is 0.676. The molecule has 0 aliphatic carbocycles. The van der Waals surface area contributed by atoms with Crippen LogP contribution >= 0.6 is 11.6 Å². The van der Waals surface area contributed by atoms with Gasteiger partial charge >= 0.3 is 0 Å². The Morgan fingerprint density at radius 2 is 2.14 bits per heavy atom. The van der Waals surface area contributed by atoms with Crippen molar-refractivity contribution in [1.29, 1.82) is 0 Å². The molecule has 0 saturated carbocycles. The number of nitrogen functional groups attached to an aromatic ring is 1. The van der Waals surface area contributed by atoms with Crippen LogP contribution in [0.25, 0.3) is 11.0 Å². The normalized spacial score (nSPS) is 17.5. The Morgan fingerprint density at radius 1 is 1.29 bits per heavy atom. The maximum Gasteiger partial charge on any atom is 0.122 e. The number of imidazole rings is 1. The second-order valence-electron chi connectivity index (χ2n) is 5.33. The zero-order valence-corrected chi connectivity index (χ0v) is 12.0. The van der Waals surface area contributed by atoms with Crippen LogP contribution in [0, 0.1) is 0 Å². The van der Waals surface area contributed by atoms with E-state index in [0.717, 1.165) is 29.0 Å². The van der Waals surface area contributed by atoms with Crippen molar-refractivity contribution < 1.29 is 4.74 Å². The number of anilines is 1. The van der Waals surface area contributed by atoms with Gasteiger partial charge in [0, 0.05) is 5.02 Å². The van der Waals surface area contributed by atoms with Gasteiger partial charge in [-0.2, -0.15) is 0 Å². The molecule has 0 spiro atoms. The molecule has 0 bridgehead atoms. The van der Waals surface area contributed by atoms with Gasteiger partial charge < -0.3 is 15.5 Å². The predicted molar refractivity (Wildman–Crippen MR) is 83.9 cm³/mol. The number of benzene rings is 2. The second-order valence-corrected chi connectivity index (χ2v) is 5.77. The van der Waals surface area contributed by atoms with Crippen molar-refractivity contribution in [2.45, 2.75) is 12.3 Å². The van der Waals surface area contributed by atoms with Crippen LogP contribution < -0.4 is 10.5 Å². The third kappa shape index (κ3) is 2.12. The fourth-order valence-electron chi connectivity index (χ4n) is 2.82. The molecule has 1 unspecified atom stereocenters. The summed E-state index contributed by atoms with van der Waals surface area (Å²) in [4.78, 5) is 7.95. The maximum absolute atomic E-state index is 6.03. The number of nitrogens with zero attached hydrogens (tertiary/aromatic N) is 1. The van der Waals surface area contributed by atoms with E-state index in [0.29, 0.717) is 17.3 Å². The summed E-state index contributed by atoms with van der Waals surface area (Å²) in [5, 5.41) is 0.612. The molecule has 0 saturated heterocycles. The first-order valence-electron chi connectivity index (χ1n) is 6.86. The van der Waals surface area contributed by atoms with Crippen molar-refractivity contribution in [3.8, 4) is 5.75 Å². The molecule has 4 rings (SSSR count). The van der Waals surface area contributed by atoms with E-state index < -0.39 is 0 Å². The molecular weight excluding hydrogens is 286 g/mol. The highest BCUT2D eigenvalue weighted by atomic mass is 35.5. The lowest BCUT2D eigenvalue weighted by Gasteiger charge is -2.23. The van der Waals surface area contributed by atoms with Gasteiger partial charge in [0.05, 0.1) is 23.7 Å². The molecular formula is C16H14ClN3O. The predicted octanol–water partition coefficient (Wildman–Crippen LogP) is 3.52. The van der Waals surface area contributed by atoms with E-state index in [9.17, 15) is 0 Å². The first kappa shape index (κ1) is 12.5. The Morgan fingerprint density at radius 3 is 3.05 bits per heavy atom. The number of nitrogens with two attached hydrogens (primary N) is 1. The summed E-state index contributed by atoms with van der Waals surface area (Å²) >= 11 is 6.03. The standard InChI is InChI=1S/C16H14ClN3O/c17-11-6-12(18)15-13(7-11)19-16(20-15)10-5-9-3-1-2-4-14(9)21-8-10/h1-4,6-7,10H,5,8,18H2,(H,19,20). The highest BCUT2D eigenvalue weighted by Gasteiger charge is 2.24. The van der Waals surface area contributed by atoms with Gasteiger partial charge in [0.15, 0.2) is 0 Å². The summed E-state index contributed by atoms with van der Waals surface area (Å²) in [6.07, 6.45) is 0.906. The van der Waals surface area contributed by atoms with Gasteiger partial charge in [0.1, 0.15) is 17.1 Å². The Bertz CT molecular complexity index is 828. The van der Waals surface area contributed by atoms with Gasteiger partial charge in [0.2, 0.25) is 0 Å². The molecule has 3 N–H and O–H groups in total. The number of halogens is 1. The Hall–Kier alpha value is -2.20. The molecule has 5 heteroatoms. The Kier molecular flexibility index (Phi) is 2.79. The number of aromatic amines is 1. The van der Waals surface area contributed by atoms with E-state index in [1.807, 2.05) is 24.3 Å². The topological polar surface area (TPSA) is 63.9 Å².